The molecule has 3 fully saturated rings. The van der Waals surface area contributed by atoms with E-state index in [2.05, 4.69) is 6.92 Å². The Morgan fingerprint density at radius 2 is 1.37 bits per heavy atom. The van der Waals surface area contributed by atoms with Crippen LogP contribution < -0.4 is 0 Å². The SMILES string of the molecule is CCCC1CCC(C2CCC(C3CCC(c4ccc(F)cc4)CC3)CC2)O1. The van der Waals surface area contributed by atoms with Crippen molar-refractivity contribution in [1.82, 2.24) is 0 Å². The highest BCUT2D eigenvalue weighted by atomic mass is 19.1. The van der Waals surface area contributed by atoms with E-state index >= 15 is 0 Å². The fourth-order valence-electron chi connectivity index (χ4n) is 6.26. The molecule has 1 heterocycles. The van der Waals surface area contributed by atoms with Crippen LogP contribution in [0.3, 0.4) is 0 Å². The zero-order valence-corrected chi connectivity index (χ0v) is 17.0. The van der Waals surface area contributed by atoms with Gasteiger partial charge in [0, 0.05) is 0 Å². The molecular formula is C25H37FO. The van der Waals surface area contributed by atoms with Crippen molar-refractivity contribution in [2.75, 3.05) is 0 Å². The van der Waals surface area contributed by atoms with Gasteiger partial charge in [0.25, 0.3) is 0 Å². The summed E-state index contributed by atoms with van der Waals surface area (Å²) in [5, 5.41) is 0. The summed E-state index contributed by atoms with van der Waals surface area (Å²) in [6.07, 6.45) is 17.2. The lowest BCUT2D eigenvalue weighted by Gasteiger charge is -2.39. The van der Waals surface area contributed by atoms with Crippen LogP contribution >= 0.6 is 0 Å². The summed E-state index contributed by atoms with van der Waals surface area (Å²) >= 11 is 0. The molecule has 1 aromatic rings. The van der Waals surface area contributed by atoms with Crippen LogP contribution in [0.15, 0.2) is 24.3 Å². The van der Waals surface area contributed by atoms with E-state index in [9.17, 15) is 4.39 Å². The minimum atomic E-state index is -0.114. The summed E-state index contributed by atoms with van der Waals surface area (Å²) in [5.41, 5.74) is 1.35. The van der Waals surface area contributed by atoms with Crippen molar-refractivity contribution in [3.8, 4) is 0 Å². The number of rotatable bonds is 5. The smallest absolute Gasteiger partial charge is 0.123 e. The molecule has 3 aliphatic rings. The van der Waals surface area contributed by atoms with Crippen molar-refractivity contribution < 1.29 is 9.13 Å². The largest absolute Gasteiger partial charge is 0.375 e. The van der Waals surface area contributed by atoms with E-state index in [0.29, 0.717) is 18.1 Å². The average molecular weight is 373 g/mol. The Kier molecular flexibility index (Phi) is 6.53. The van der Waals surface area contributed by atoms with Crippen molar-refractivity contribution >= 4 is 0 Å². The quantitative estimate of drug-likeness (QED) is 0.529. The summed E-state index contributed by atoms with van der Waals surface area (Å²) in [7, 11) is 0. The predicted molar refractivity (Wildman–Crippen MR) is 109 cm³/mol. The molecule has 1 nitrogen and oxygen atoms in total. The molecule has 2 atom stereocenters. The van der Waals surface area contributed by atoms with E-state index in [0.717, 1.165) is 17.8 Å². The van der Waals surface area contributed by atoms with Crippen LogP contribution in [0.2, 0.25) is 0 Å². The van der Waals surface area contributed by atoms with Crippen LogP contribution in [0.25, 0.3) is 0 Å². The van der Waals surface area contributed by atoms with Gasteiger partial charge in [-0.2, -0.15) is 0 Å². The summed E-state index contributed by atoms with van der Waals surface area (Å²) in [6, 6.07) is 7.25. The minimum Gasteiger partial charge on any atom is -0.375 e. The van der Waals surface area contributed by atoms with E-state index in [4.69, 9.17) is 4.74 Å². The van der Waals surface area contributed by atoms with Crippen molar-refractivity contribution in [2.45, 2.75) is 102 Å². The second-order valence-corrected chi connectivity index (χ2v) is 9.50. The highest BCUT2D eigenvalue weighted by Crippen LogP contribution is 2.45. The summed E-state index contributed by atoms with van der Waals surface area (Å²) in [5.74, 6) is 3.25. The first-order valence-electron chi connectivity index (χ1n) is 11.6. The minimum absolute atomic E-state index is 0.114. The number of ether oxygens (including phenoxy) is 1. The van der Waals surface area contributed by atoms with Crippen molar-refractivity contribution in [1.29, 1.82) is 0 Å². The highest BCUT2D eigenvalue weighted by Gasteiger charge is 2.36. The Balaban J connectivity index is 1.21. The van der Waals surface area contributed by atoms with Crippen LogP contribution in [0.5, 0.6) is 0 Å². The predicted octanol–water partition coefficient (Wildman–Crippen LogP) is 7.25. The maximum absolute atomic E-state index is 13.2. The monoisotopic (exact) mass is 372 g/mol. The van der Waals surface area contributed by atoms with Crippen LogP contribution in [0.4, 0.5) is 4.39 Å². The molecule has 0 N–H and O–H groups in total. The van der Waals surface area contributed by atoms with Crippen LogP contribution in [-0.4, -0.2) is 12.2 Å². The fraction of sp³-hybridized carbons (Fsp3) is 0.760. The second-order valence-electron chi connectivity index (χ2n) is 9.50. The highest BCUT2D eigenvalue weighted by molar-refractivity contribution is 5.21. The molecule has 150 valence electrons. The number of hydrogen-bond donors (Lipinski definition) is 0. The molecule has 0 bridgehead atoms. The second kappa shape index (κ2) is 9.07. The molecule has 1 aromatic carbocycles. The van der Waals surface area contributed by atoms with Crippen molar-refractivity contribution in [2.24, 2.45) is 17.8 Å². The molecule has 0 aromatic heterocycles. The van der Waals surface area contributed by atoms with Gasteiger partial charge < -0.3 is 4.74 Å². The van der Waals surface area contributed by atoms with E-state index in [1.54, 1.807) is 12.1 Å². The van der Waals surface area contributed by atoms with Gasteiger partial charge in [-0.05, 0) is 112 Å². The Labute approximate surface area is 165 Å². The van der Waals surface area contributed by atoms with Crippen molar-refractivity contribution in [3.63, 3.8) is 0 Å². The molecule has 1 aliphatic heterocycles. The van der Waals surface area contributed by atoms with E-state index in [1.807, 2.05) is 12.1 Å². The van der Waals surface area contributed by atoms with Gasteiger partial charge in [0.15, 0.2) is 0 Å². The summed E-state index contributed by atoms with van der Waals surface area (Å²) < 4.78 is 19.5. The average Bonchev–Trinajstić information content (AvgIpc) is 3.18. The number of benzene rings is 1. The van der Waals surface area contributed by atoms with Gasteiger partial charge in [-0.25, -0.2) is 4.39 Å². The topological polar surface area (TPSA) is 9.23 Å². The van der Waals surface area contributed by atoms with Gasteiger partial charge in [-0.15, -0.1) is 0 Å². The first kappa shape index (κ1) is 19.4. The molecule has 2 saturated carbocycles. The maximum Gasteiger partial charge on any atom is 0.123 e. The lowest BCUT2D eigenvalue weighted by Crippen LogP contribution is -2.30. The third-order valence-corrected chi connectivity index (χ3v) is 7.87. The van der Waals surface area contributed by atoms with Crippen LogP contribution in [0, 0.1) is 23.6 Å². The van der Waals surface area contributed by atoms with Gasteiger partial charge in [0.05, 0.1) is 12.2 Å². The molecule has 0 radical (unpaired) electrons. The summed E-state index contributed by atoms with van der Waals surface area (Å²) in [6.45, 7) is 2.27. The molecule has 0 amide bonds. The molecule has 2 aliphatic carbocycles. The Bertz CT molecular complexity index is 566. The van der Waals surface area contributed by atoms with Gasteiger partial charge in [-0.3, -0.25) is 0 Å². The van der Waals surface area contributed by atoms with E-state index in [-0.39, 0.29) is 5.82 Å². The Morgan fingerprint density at radius 3 is 2.00 bits per heavy atom. The number of halogens is 1. The van der Waals surface area contributed by atoms with Gasteiger partial charge >= 0.3 is 0 Å². The third-order valence-electron chi connectivity index (χ3n) is 7.87. The zero-order valence-electron chi connectivity index (χ0n) is 17.0. The molecule has 27 heavy (non-hydrogen) atoms. The first-order valence-corrected chi connectivity index (χ1v) is 11.6. The third kappa shape index (κ3) is 4.75. The fourth-order valence-corrected chi connectivity index (χ4v) is 6.26. The molecular weight excluding hydrogens is 335 g/mol. The van der Waals surface area contributed by atoms with E-state index < -0.39 is 0 Å². The van der Waals surface area contributed by atoms with Crippen LogP contribution in [0.1, 0.15) is 95.5 Å². The van der Waals surface area contributed by atoms with Gasteiger partial charge in [0.2, 0.25) is 0 Å². The van der Waals surface area contributed by atoms with Crippen molar-refractivity contribution in [3.05, 3.63) is 35.6 Å². The van der Waals surface area contributed by atoms with Gasteiger partial charge in [-0.1, -0.05) is 25.5 Å². The van der Waals surface area contributed by atoms with Gasteiger partial charge in [0.1, 0.15) is 5.82 Å². The lowest BCUT2D eigenvalue weighted by atomic mass is 9.67. The molecule has 2 heteroatoms. The Hall–Kier alpha value is -0.890. The van der Waals surface area contributed by atoms with Crippen LogP contribution in [-0.2, 0) is 4.74 Å². The first-order chi connectivity index (χ1) is 13.2. The van der Waals surface area contributed by atoms with E-state index in [1.165, 1.54) is 82.6 Å². The molecule has 4 rings (SSSR count). The standard InChI is InChI=1S/C25H37FO/c1-2-3-24-16-17-25(27-24)22-10-8-20(9-11-22)18-4-6-19(7-5-18)21-12-14-23(26)15-13-21/h12-15,18-20,22,24-25H,2-11,16-17H2,1H3. The zero-order chi connectivity index (χ0) is 18.6. The Morgan fingerprint density at radius 1 is 0.778 bits per heavy atom. The molecule has 1 saturated heterocycles. The maximum atomic E-state index is 13.2. The number of hydrogen-bond acceptors (Lipinski definition) is 1. The lowest BCUT2D eigenvalue weighted by molar-refractivity contribution is -0.0110. The molecule has 2 unspecified atom stereocenters. The normalized spacial score (nSPS) is 37.4. The summed E-state index contributed by atoms with van der Waals surface area (Å²) in [4.78, 5) is 0. The molecule has 0 spiro atoms.